The number of anilines is 1. The van der Waals surface area contributed by atoms with Crippen LogP contribution in [0.5, 0.6) is 0 Å². The summed E-state index contributed by atoms with van der Waals surface area (Å²) in [5.41, 5.74) is 1.09. The molecule has 2 aliphatic rings. The SMILES string of the molecule is Cc1cc(N(CC2CCCN2)C2CC2)nc(C(C)C)n1. The molecule has 0 amide bonds. The van der Waals surface area contributed by atoms with Gasteiger partial charge in [-0.15, -0.1) is 0 Å². The van der Waals surface area contributed by atoms with Gasteiger partial charge < -0.3 is 10.2 Å². The Morgan fingerprint density at radius 2 is 2.10 bits per heavy atom. The second-order valence-corrected chi connectivity index (χ2v) is 6.56. The van der Waals surface area contributed by atoms with Gasteiger partial charge >= 0.3 is 0 Å². The lowest BCUT2D eigenvalue weighted by atomic mass is 10.2. The molecular formula is C16H26N4. The van der Waals surface area contributed by atoms with Gasteiger partial charge in [0.05, 0.1) is 0 Å². The van der Waals surface area contributed by atoms with E-state index in [0.29, 0.717) is 18.0 Å². The van der Waals surface area contributed by atoms with Gasteiger partial charge in [-0.1, -0.05) is 13.8 Å². The predicted molar refractivity (Wildman–Crippen MR) is 82.3 cm³/mol. The first-order valence-electron chi connectivity index (χ1n) is 7.99. The van der Waals surface area contributed by atoms with E-state index in [1.165, 1.54) is 32.2 Å². The van der Waals surface area contributed by atoms with Crippen LogP contribution in [0.1, 0.15) is 57.0 Å². The smallest absolute Gasteiger partial charge is 0.133 e. The number of nitrogens with zero attached hydrogens (tertiary/aromatic N) is 3. The number of hydrogen-bond donors (Lipinski definition) is 1. The fourth-order valence-electron chi connectivity index (χ4n) is 2.95. The molecule has 1 saturated heterocycles. The largest absolute Gasteiger partial charge is 0.352 e. The van der Waals surface area contributed by atoms with Crippen LogP contribution in [0, 0.1) is 6.92 Å². The lowest BCUT2D eigenvalue weighted by Gasteiger charge is -2.27. The van der Waals surface area contributed by atoms with Crippen molar-refractivity contribution in [1.29, 1.82) is 0 Å². The summed E-state index contributed by atoms with van der Waals surface area (Å²) in [6, 6.07) is 3.49. The van der Waals surface area contributed by atoms with Crippen molar-refractivity contribution in [2.24, 2.45) is 0 Å². The lowest BCUT2D eigenvalue weighted by Crippen LogP contribution is -2.39. The van der Waals surface area contributed by atoms with Gasteiger partial charge in [-0.25, -0.2) is 9.97 Å². The number of aryl methyl sites for hydroxylation is 1. The zero-order valence-electron chi connectivity index (χ0n) is 12.9. The van der Waals surface area contributed by atoms with Crippen molar-refractivity contribution < 1.29 is 0 Å². The van der Waals surface area contributed by atoms with Crippen molar-refractivity contribution in [1.82, 2.24) is 15.3 Å². The average Bonchev–Trinajstić information content (AvgIpc) is 3.12. The Morgan fingerprint density at radius 3 is 2.70 bits per heavy atom. The van der Waals surface area contributed by atoms with Crippen LogP contribution in [0.2, 0.25) is 0 Å². The number of hydrogen-bond acceptors (Lipinski definition) is 4. The van der Waals surface area contributed by atoms with Crippen LogP contribution in [0.25, 0.3) is 0 Å². The zero-order valence-corrected chi connectivity index (χ0v) is 12.9. The highest BCUT2D eigenvalue weighted by Gasteiger charge is 2.32. The first kappa shape index (κ1) is 13.8. The maximum Gasteiger partial charge on any atom is 0.133 e. The highest BCUT2D eigenvalue weighted by Crippen LogP contribution is 2.32. The molecule has 3 rings (SSSR count). The van der Waals surface area contributed by atoms with Crippen molar-refractivity contribution in [2.45, 2.75) is 64.5 Å². The molecule has 1 aromatic heterocycles. The summed E-state index contributed by atoms with van der Waals surface area (Å²) in [5, 5.41) is 3.61. The third-order valence-electron chi connectivity index (χ3n) is 4.24. The van der Waals surface area contributed by atoms with Gasteiger partial charge in [0.15, 0.2) is 0 Å². The molecular weight excluding hydrogens is 248 g/mol. The second-order valence-electron chi connectivity index (χ2n) is 6.56. The fourth-order valence-corrected chi connectivity index (χ4v) is 2.95. The molecule has 0 bridgehead atoms. The van der Waals surface area contributed by atoms with E-state index >= 15 is 0 Å². The van der Waals surface area contributed by atoms with Gasteiger partial charge in [-0.05, 0) is 39.2 Å². The quantitative estimate of drug-likeness (QED) is 0.896. The van der Waals surface area contributed by atoms with Crippen molar-refractivity contribution in [3.05, 3.63) is 17.6 Å². The second kappa shape index (κ2) is 5.68. The molecule has 1 saturated carbocycles. The van der Waals surface area contributed by atoms with Crippen LogP contribution in [0.4, 0.5) is 5.82 Å². The molecule has 1 aromatic rings. The van der Waals surface area contributed by atoms with Crippen molar-refractivity contribution in [3.8, 4) is 0 Å². The van der Waals surface area contributed by atoms with E-state index < -0.39 is 0 Å². The van der Waals surface area contributed by atoms with Gasteiger partial charge in [0.25, 0.3) is 0 Å². The standard InChI is InChI=1S/C16H26N4/c1-11(2)16-18-12(3)9-15(19-16)20(14-6-7-14)10-13-5-4-8-17-13/h9,11,13-14,17H,4-8,10H2,1-3H3. The van der Waals surface area contributed by atoms with Gasteiger partial charge in [-0.3, -0.25) is 0 Å². The molecule has 1 unspecified atom stereocenters. The Hall–Kier alpha value is -1.16. The predicted octanol–water partition coefficient (Wildman–Crippen LogP) is 2.63. The highest BCUT2D eigenvalue weighted by atomic mass is 15.3. The molecule has 20 heavy (non-hydrogen) atoms. The summed E-state index contributed by atoms with van der Waals surface area (Å²) < 4.78 is 0. The van der Waals surface area contributed by atoms with Crippen LogP contribution < -0.4 is 10.2 Å². The molecule has 0 spiro atoms. The van der Waals surface area contributed by atoms with Gasteiger partial charge in [-0.2, -0.15) is 0 Å². The average molecular weight is 274 g/mol. The molecule has 1 N–H and O–H groups in total. The van der Waals surface area contributed by atoms with Crippen molar-refractivity contribution in [3.63, 3.8) is 0 Å². The normalized spacial score (nSPS) is 22.5. The molecule has 0 aromatic carbocycles. The number of rotatable bonds is 5. The van der Waals surface area contributed by atoms with Gasteiger partial charge in [0, 0.05) is 36.3 Å². The van der Waals surface area contributed by atoms with Crippen LogP contribution >= 0.6 is 0 Å². The fraction of sp³-hybridized carbons (Fsp3) is 0.750. The van der Waals surface area contributed by atoms with Crippen molar-refractivity contribution in [2.75, 3.05) is 18.0 Å². The van der Waals surface area contributed by atoms with Gasteiger partial charge in [0.2, 0.25) is 0 Å². The van der Waals surface area contributed by atoms with Crippen LogP contribution in [0.3, 0.4) is 0 Å². The lowest BCUT2D eigenvalue weighted by molar-refractivity contribution is 0.573. The Morgan fingerprint density at radius 1 is 1.30 bits per heavy atom. The molecule has 2 heterocycles. The molecule has 4 nitrogen and oxygen atoms in total. The summed E-state index contributed by atoms with van der Waals surface area (Å²) in [6.07, 6.45) is 5.23. The third-order valence-corrected chi connectivity index (χ3v) is 4.24. The minimum atomic E-state index is 0.388. The molecule has 1 aliphatic carbocycles. The first-order valence-corrected chi connectivity index (χ1v) is 7.99. The summed E-state index contributed by atoms with van der Waals surface area (Å²) in [4.78, 5) is 11.9. The van der Waals surface area contributed by atoms with E-state index in [4.69, 9.17) is 4.98 Å². The number of nitrogens with one attached hydrogen (secondary N) is 1. The summed E-state index contributed by atoms with van der Waals surface area (Å²) in [6.45, 7) is 8.68. The van der Waals surface area contributed by atoms with Crippen LogP contribution in [0.15, 0.2) is 6.07 Å². The van der Waals surface area contributed by atoms with E-state index in [1.807, 2.05) is 0 Å². The summed E-state index contributed by atoms with van der Waals surface area (Å²) >= 11 is 0. The van der Waals surface area contributed by atoms with E-state index in [0.717, 1.165) is 23.9 Å². The topological polar surface area (TPSA) is 41.0 Å². The van der Waals surface area contributed by atoms with E-state index in [9.17, 15) is 0 Å². The zero-order chi connectivity index (χ0) is 14.1. The Labute approximate surface area is 122 Å². The van der Waals surface area contributed by atoms with E-state index in [2.05, 4.69) is 42.0 Å². The van der Waals surface area contributed by atoms with Crippen LogP contribution in [-0.4, -0.2) is 35.1 Å². The molecule has 4 heteroatoms. The molecule has 110 valence electrons. The molecule has 0 radical (unpaired) electrons. The minimum Gasteiger partial charge on any atom is -0.352 e. The Balaban J connectivity index is 1.82. The molecule has 1 aliphatic heterocycles. The van der Waals surface area contributed by atoms with E-state index in [-0.39, 0.29) is 0 Å². The first-order chi connectivity index (χ1) is 9.63. The van der Waals surface area contributed by atoms with E-state index in [1.54, 1.807) is 0 Å². The summed E-state index contributed by atoms with van der Waals surface area (Å²) in [7, 11) is 0. The summed E-state index contributed by atoms with van der Waals surface area (Å²) in [5.74, 6) is 2.50. The van der Waals surface area contributed by atoms with Gasteiger partial charge in [0.1, 0.15) is 11.6 Å². The van der Waals surface area contributed by atoms with Crippen LogP contribution in [-0.2, 0) is 0 Å². The Bertz CT molecular complexity index is 462. The minimum absolute atomic E-state index is 0.388. The third kappa shape index (κ3) is 3.11. The maximum atomic E-state index is 4.82. The number of aromatic nitrogens is 2. The van der Waals surface area contributed by atoms with Crippen molar-refractivity contribution >= 4 is 5.82 Å². The Kier molecular flexibility index (Phi) is 3.92. The maximum absolute atomic E-state index is 4.82. The monoisotopic (exact) mass is 274 g/mol. The molecule has 2 fully saturated rings. The highest BCUT2D eigenvalue weighted by molar-refractivity contribution is 5.43. The molecule has 1 atom stereocenters.